The maximum atomic E-state index is 12.7. The van der Waals surface area contributed by atoms with Gasteiger partial charge in [-0.15, -0.1) is 11.3 Å². The van der Waals surface area contributed by atoms with Crippen molar-refractivity contribution in [2.75, 3.05) is 31.1 Å². The Hall–Kier alpha value is -1.01. The topological polar surface area (TPSA) is 83.8 Å². The number of sulfonamides is 1. The van der Waals surface area contributed by atoms with Crippen molar-refractivity contribution in [3.63, 3.8) is 0 Å². The third-order valence-corrected chi connectivity index (χ3v) is 9.49. The second-order valence-electron chi connectivity index (χ2n) is 5.35. The van der Waals surface area contributed by atoms with Crippen LogP contribution in [0.5, 0.6) is 0 Å². The molecule has 0 unspecified atom stereocenters. The number of non-ortho nitro benzene ring substituents is 1. The number of halogens is 2. The van der Waals surface area contributed by atoms with Crippen LogP contribution in [-0.2, 0) is 10.0 Å². The van der Waals surface area contributed by atoms with Gasteiger partial charge < -0.3 is 4.90 Å². The van der Waals surface area contributed by atoms with Gasteiger partial charge in [-0.2, -0.15) is 4.31 Å². The van der Waals surface area contributed by atoms with E-state index >= 15 is 0 Å². The van der Waals surface area contributed by atoms with Crippen molar-refractivity contribution >= 4 is 64.6 Å². The number of rotatable bonds is 4. The molecule has 0 radical (unpaired) electrons. The highest BCUT2D eigenvalue weighted by Crippen LogP contribution is 2.36. The lowest BCUT2D eigenvalue weighted by Gasteiger charge is -2.35. The normalized spacial score (nSPS) is 16.2. The maximum absolute atomic E-state index is 12.7. The Bertz CT molecular complexity index is 872. The molecule has 25 heavy (non-hydrogen) atoms. The number of piperazine rings is 1. The van der Waals surface area contributed by atoms with E-state index in [-0.39, 0.29) is 5.69 Å². The van der Waals surface area contributed by atoms with Gasteiger partial charge in [-0.05, 0) is 50.1 Å². The van der Waals surface area contributed by atoms with E-state index in [9.17, 15) is 18.5 Å². The molecule has 7 nitrogen and oxygen atoms in total. The van der Waals surface area contributed by atoms with Gasteiger partial charge in [0.15, 0.2) is 0 Å². The van der Waals surface area contributed by atoms with E-state index in [0.717, 1.165) is 13.9 Å². The molecule has 1 saturated heterocycles. The summed E-state index contributed by atoms with van der Waals surface area (Å²) in [6.45, 7) is 1.80. The van der Waals surface area contributed by atoms with Crippen LogP contribution in [0.3, 0.4) is 0 Å². The number of hydrogen-bond acceptors (Lipinski definition) is 6. The average Bonchev–Trinajstić information content (AvgIpc) is 2.95. The summed E-state index contributed by atoms with van der Waals surface area (Å²) in [4.78, 5) is 12.3. The smallest absolute Gasteiger partial charge is 0.269 e. The molecule has 0 amide bonds. The average molecular weight is 511 g/mol. The van der Waals surface area contributed by atoms with Crippen LogP contribution in [0.2, 0.25) is 0 Å². The molecule has 0 N–H and O–H groups in total. The second kappa shape index (κ2) is 7.31. The van der Waals surface area contributed by atoms with Crippen LogP contribution in [0.15, 0.2) is 42.8 Å². The first kappa shape index (κ1) is 18.8. The molecular weight excluding hydrogens is 498 g/mol. The van der Waals surface area contributed by atoms with E-state index in [1.807, 2.05) is 4.90 Å². The van der Waals surface area contributed by atoms with Gasteiger partial charge in [-0.1, -0.05) is 0 Å². The molecule has 134 valence electrons. The molecule has 1 aromatic carbocycles. The van der Waals surface area contributed by atoms with Crippen LogP contribution >= 0.6 is 43.2 Å². The summed E-state index contributed by atoms with van der Waals surface area (Å²) < 4.78 is 28.7. The second-order valence-corrected chi connectivity index (χ2v) is 10.7. The van der Waals surface area contributed by atoms with Crippen molar-refractivity contribution in [1.82, 2.24) is 4.31 Å². The highest BCUT2D eigenvalue weighted by atomic mass is 79.9. The van der Waals surface area contributed by atoms with Gasteiger partial charge in [0.25, 0.3) is 15.7 Å². The largest absolute Gasteiger partial charge is 0.369 e. The molecule has 0 aliphatic carbocycles. The number of nitrogens with zero attached hydrogens (tertiary/aromatic N) is 3. The first-order valence-electron chi connectivity index (χ1n) is 7.23. The number of benzene rings is 1. The standard InChI is InChI=1S/C14H13Br2N3O4S2/c15-12-9-13(24-14(12)16)25(22,23)18-7-5-17(6-8-18)10-1-3-11(4-2-10)19(20)21/h1-4,9H,5-8H2. The molecule has 3 rings (SSSR count). The molecule has 2 aromatic rings. The molecule has 0 bridgehead atoms. The fourth-order valence-corrected chi connectivity index (χ4v) is 6.95. The van der Waals surface area contributed by atoms with E-state index in [1.54, 1.807) is 18.2 Å². The SMILES string of the molecule is O=[N+]([O-])c1ccc(N2CCN(S(=O)(=O)c3cc(Br)c(Br)s3)CC2)cc1. The molecule has 11 heteroatoms. The summed E-state index contributed by atoms with van der Waals surface area (Å²) in [5, 5.41) is 10.7. The first-order chi connectivity index (χ1) is 11.8. The fourth-order valence-electron chi connectivity index (χ4n) is 2.55. The number of nitro groups is 1. The van der Waals surface area contributed by atoms with Gasteiger partial charge in [0.1, 0.15) is 4.21 Å². The maximum Gasteiger partial charge on any atom is 0.269 e. The number of hydrogen-bond donors (Lipinski definition) is 0. The fraction of sp³-hybridized carbons (Fsp3) is 0.286. The van der Waals surface area contributed by atoms with Gasteiger partial charge in [0.2, 0.25) is 0 Å². The Balaban J connectivity index is 1.70. The van der Waals surface area contributed by atoms with Crippen LogP contribution in [0.25, 0.3) is 0 Å². The summed E-state index contributed by atoms with van der Waals surface area (Å²) in [6, 6.07) is 7.90. The van der Waals surface area contributed by atoms with Crippen molar-refractivity contribution in [2.24, 2.45) is 0 Å². The lowest BCUT2D eigenvalue weighted by Crippen LogP contribution is -2.48. The van der Waals surface area contributed by atoms with Crippen LogP contribution in [0.4, 0.5) is 11.4 Å². The van der Waals surface area contributed by atoms with Crippen molar-refractivity contribution in [2.45, 2.75) is 4.21 Å². The van der Waals surface area contributed by atoms with E-state index in [1.165, 1.54) is 27.8 Å². The zero-order valence-electron chi connectivity index (χ0n) is 12.8. The molecule has 0 atom stereocenters. The quantitative estimate of drug-likeness (QED) is 0.462. The Morgan fingerprint density at radius 3 is 2.16 bits per heavy atom. The molecule has 0 saturated carbocycles. The Morgan fingerprint density at radius 2 is 1.68 bits per heavy atom. The molecular formula is C14H13Br2N3O4S2. The van der Waals surface area contributed by atoms with E-state index < -0.39 is 14.9 Å². The minimum atomic E-state index is -3.51. The van der Waals surface area contributed by atoms with Crippen molar-refractivity contribution < 1.29 is 13.3 Å². The van der Waals surface area contributed by atoms with E-state index in [0.29, 0.717) is 30.4 Å². The van der Waals surface area contributed by atoms with Gasteiger partial charge in [-0.3, -0.25) is 10.1 Å². The van der Waals surface area contributed by atoms with Gasteiger partial charge in [0.05, 0.1) is 8.71 Å². The van der Waals surface area contributed by atoms with Crippen molar-refractivity contribution in [3.05, 3.63) is 48.7 Å². The Kier molecular flexibility index (Phi) is 5.49. The summed E-state index contributed by atoms with van der Waals surface area (Å²) in [5.74, 6) is 0. The van der Waals surface area contributed by atoms with E-state index in [4.69, 9.17) is 0 Å². The molecule has 1 aliphatic heterocycles. The Morgan fingerprint density at radius 1 is 1.08 bits per heavy atom. The minimum absolute atomic E-state index is 0.0406. The molecule has 1 aromatic heterocycles. The van der Waals surface area contributed by atoms with Crippen LogP contribution in [-0.4, -0.2) is 43.8 Å². The van der Waals surface area contributed by atoms with E-state index in [2.05, 4.69) is 31.9 Å². The molecule has 1 fully saturated rings. The van der Waals surface area contributed by atoms with Crippen LogP contribution in [0.1, 0.15) is 0 Å². The van der Waals surface area contributed by atoms with Crippen molar-refractivity contribution in [3.8, 4) is 0 Å². The third-order valence-electron chi connectivity index (χ3n) is 3.88. The monoisotopic (exact) mass is 509 g/mol. The predicted molar refractivity (Wildman–Crippen MR) is 104 cm³/mol. The first-order valence-corrected chi connectivity index (χ1v) is 11.1. The third kappa shape index (κ3) is 3.90. The van der Waals surface area contributed by atoms with Crippen molar-refractivity contribution in [1.29, 1.82) is 0 Å². The lowest BCUT2D eigenvalue weighted by atomic mass is 10.2. The Labute approximate surface area is 165 Å². The van der Waals surface area contributed by atoms with Crippen LogP contribution in [0, 0.1) is 10.1 Å². The highest BCUT2D eigenvalue weighted by molar-refractivity contribution is 9.13. The zero-order valence-corrected chi connectivity index (χ0v) is 17.6. The van der Waals surface area contributed by atoms with Gasteiger partial charge in [0, 0.05) is 48.5 Å². The zero-order chi connectivity index (χ0) is 18.2. The molecule has 0 spiro atoms. The minimum Gasteiger partial charge on any atom is -0.369 e. The number of thiophene rings is 1. The number of nitro benzene ring substituents is 1. The lowest BCUT2D eigenvalue weighted by molar-refractivity contribution is -0.384. The molecule has 1 aliphatic rings. The summed E-state index contributed by atoms with van der Waals surface area (Å²) >= 11 is 7.81. The van der Waals surface area contributed by atoms with Gasteiger partial charge in [-0.25, -0.2) is 8.42 Å². The predicted octanol–water partition coefficient (Wildman–Crippen LogP) is 3.69. The van der Waals surface area contributed by atoms with Gasteiger partial charge >= 0.3 is 0 Å². The number of anilines is 1. The summed E-state index contributed by atoms with van der Waals surface area (Å²) in [6.07, 6.45) is 0. The van der Waals surface area contributed by atoms with Crippen LogP contribution < -0.4 is 4.90 Å². The molecule has 2 heterocycles. The summed E-state index contributed by atoms with van der Waals surface area (Å²) in [7, 11) is -3.51. The summed E-state index contributed by atoms with van der Waals surface area (Å²) in [5.41, 5.74) is 0.892. The highest BCUT2D eigenvalue weighted by Gasteiger charge is 2.30.